The lowest BCUT2D eigenvalue weighted by atomic mass is 9.99. The lowest BCUT2D eigenvalue weighted by Crippen LogP contribution is -2.17. The van der Waals surface area contributed by atoms with Crippen molar-refractivity contribution in [2.45, 2.75) is 25.9 Å². The van der Waals surface area contributed by atoms with Crippen LogP contribution in [0.25, 0.3) is 0 Å². The van der Waals surface area contributed by atoms with Crippen LogP contribution < -0.4 is 0 Å². The van der Waals surface area contributed by atoms with Gasteiger partial charge in [0.25, 0.3) is 0 Å². The second-order valence-electron chi connectivity index (χ2n) is 4.28. The number of methoxy groups -OCH3 is 1. The minimum atomic E-state index is -0.438. The summed E-state index contributed by atoms with van der Waals surface area (Å²) in [5.41, 5.74) is 0.831. The Labute approximate surface area is 96.1 Å². The van der Waals surface area contributed by atoms with Crippen molar-refractivity contribution < 1.29 is 14.2 Å². The van der Waals surface area contributed by atoms with Gasteiger partial charge < -0.3 is 9.84 Å². The first-order chi connectivity index (χ1) is 7.61. The van der Waals surface area contributed by atoms with Gasteiger partial charge in [0.15, 0.2) is 0 Å². The Morgan fingerprint density at radius 3 is 2.81 bits per heavy atom. The Balaban J connectivity index is 2.42. The summed E-state index contributed by atoms with van der Waals surface area (Å²) in [4.78, 5) is 0. The van der Waals surface area contributed by atoms with Crippen molar-refractivity contribution in [3.8, 4) is 0 Å². The van der Waals surface area contributed by atoms with Crippen molar-refractivity contribution in [3.05, 3.63) is 35.6 Å². The highest BCUT2D eigenvalue weighted by Gasteiger charge is 2.11. The van der Waals surface area contributed by atoms with Crippen molar-refractivity contribution in [2.75, 3.05) is 13.7 Å². The summed E-state index contributed by atoms with van der Waals surface area (Å²) in [6.07, 6.45) is 0.725. The van der Waals surface area contributed by atoms with Crippen molar-refractivity contribution in [1.82, 2.24) is 0 Å². The van der Waals surface area contributed by atoms with E-state index in [-0.39, 0.29) is 5.82 Å². The van der Waals surface area contributed by atoms with E-state index in [0.717, 1.165) is 5.56 Å². The van der Waals surface area contributed by atoms with Crippen LogP contribution >= 0.6 is 0 Å². The minimum absolute atomic E-state index is 0.255. The van der Waals surface area contributed by atoms with E-state index >= 15 is 0 Å². The van der Waals surface area contributed by atoms with Crippen LogP contribution in [-0.2, 0) is 11.2 Å². The highest BCUT2D eigenvalue weighted by molar-refractivity contribution is 5.17. The van der Waals surface area contributed by atoms with E-state index in [0.29, 0.717) is 25.4 Å². The van der Waals surface area contributed by atoms with Crippen LogP contribution in [0, 0.1) is 11.7 Å². The molecular formula is C13H19FO2. The molecule has 1 N–H and O–H groups in total. The van der Waals surface area contributed by atoms with Crippen LogP contribution in [0.4, 0.5) is 4.39 Å². The Hall–Kier alpha value is -0.930. The predicted molar refractivity (Wildman–Crippen MR) is 61.8 cm³/mol. The van der Waals surface area contributed by atoms with Crippen LogP contribution in [0.3, 0.4) is 0 Å². The summed E-state index contributed by atoms with van der Waals surface area (Å²) in [5.74, 6) is 0.0585. The van der Waals surface area contributed by atoms with Gasteiger partial charge >= 0.3 is 0 Å². The fourth-order valence-electron chi connectivity index (χ4n) is 1.84. The van der Waals surface area contributed by atoms with Gasteiger partial charge in [0.1, 0.15) is 5.82 Å². The van der Waals surface area contributed by atoms with E-state index in [1.807, 2.05) is 13.0 Å². The molecule has 2 unspecified atom stereocenters. The fourth-order valence-corrected chi connectivity index (χ4v) is 1.84. The van der Waals surface area contributed by atoms with Crippen molar-refractivity contribution in [3.63, 3.8) is 0 Å². The maximum atomic E-state index is 12.9. The summed E-state index contributed by atoms with van der Waals surface area (Å²) >= 11 is 0. The molecule has 0 aromatic heterocycles. The Kier molecular flexibility index (Phi) is 5.43. The van der Waals surface area contributed by atoms with Crippen LogP contribution in [0.15, 0.2) is 24.3 Å². The number of aliphatic hydroxyl groups is 1. The molecular weight excluding hydrogens is 207 g/mol. The third-order valence-corrected chi connectivity index (χ3v) is 2.49. The second-order valence-corrected chi connectivity index (χ2v) is 4.28. The molecule has 0 aliphatic heterocycles. The molecule has 2 nitrogen and oxygen atoms in total. The second kappa shape index (κ2) is 6.61. The maximum Gasteiger partial charge on any atom is 0.123 e. The molecule has 0 radical (unpaired) electrons. The van der Waals surface area contributed by atoms with Gasteiger partial charge in [-0.05, 0) is 36.5 Å². The third kappa shape index (κ3) is 4.73. The SMILES string of the molecule is COCC(C)CC(O)Cc1cccc(F)c1. The summed E-state index contributed by atoms with van der Waals surface area (Å²) in [5, 5.41) is 9.81. The van der Waals surface area contributed by atoms with Gasteiger partial charge in [-0.25, -0.2) is 4.39 Å². The summed E-state index contributed by atoms with van der Waals surface area (Å²) < 4.78 is 17.9. The topological polar surface area (TPSA) is 29.5 Å². The highest BCUT2D eigenvalue weighted by atomic mass is 19.1. The number of ether oxygens (including phenoxy) is 1. The monoisotopic (exact) mass is 226 g/mol. The molecule has 3 heteroatoms. The third-order valence-electron chi connectivity index (χ3n) is 2.49. The number of aliphatic hydroxyl groups excluding tert-OH is 1. The molecule has 0 heterocycles. The van der Waals surface area contributed by atoms with Crippen LogP contribution in [0.2, 0.25) is 0 Å². The van der Waals surface area contributed by atoms with Gasteiger partial charge in [-0.1, -0.05) is 19.1 Å². The Morgan fingerprint density at radius 1 is 1.44 bits per heavy atom. The van der Waals surface area contributed by atoms with E-state index < -0.39 is 6.10 Å². The molecule has 1 rings (SSSR count). The Bertz CT molecular complexity index is 315. The zero-order valence-electron chi connectivity index (χ0n) is 9.82. The number of hydrogen-bond donors (Lipinski definition) is 1. The molecule has 0 amide bonds. The molecule has 1 aromatic rings. The normalized spacial score (nSPS) is 14.8. The number of benzene rings is 1. The van der Waals surface area contributed by atoms with Gasteiger partial charge in [0.05, 0.1) is 6.10 Å². The first-order valence-corrected chi connectivity index (χ1v) is 5.53. The summed E-state index contributed by atoms with van der Waals surface area (Å²) in [7, 11) is 1.65. The predicted octanol–water partition coefficient (Wildman–Crippen LogP) is 2.40. The molecule has 0 saturated carbocycles. The minimum Gasteiger partial charge on any atom is -0.393 e. The Morgan fingerprint density at radius 2 is 2.19 bits per heavy atom. The van der Waals surface area contributed by atoms with Gasteiger partial charge in [-0.2, -0.15) is 0 Å². The molecule has 1 aromatic carbocycles. The van der Waals surface area contributed by atoms with Crippen molar-refractivity contribution in [2.24, 2.45) is 5.92 Å². The zero-order valence-corrected chi connectivity index (χ0v) is 9.82. The molecule has 0 aliphatic carbocycles. The van der Waals surface area contributed by atoms with Crippen molar-refractivity contribution >= 4 is 0 Å². The summed E-state index contributed by atoms with van der Waals surface area (Å²) in [6.45, 7) is 2.67. The smallest absolute Gasteiger partial charge is 0.123 e. The molecule has 2 atom stereocenters. The summed E-state index contributed by atoms with van der Waals surface area (Å²) in [6, 6.07) is 6.36. The first-order valence-electron chi connectivity index (χ1n) is 5.53. The van der Waals surface area contributed by atoms with E-state index in [2.05, 4.69) is 0 Å². The maximum absolute atomic E-state index is 12.9. The lowest BCUT2D eigenvalue weighted by molar-refractivity contribution is 0.102. The fraction of sp³-hybridized carbons (Fsp3) is 0.538. The van der Waals surface area contributed by atoms with E-state index in [4.69, 9.17) is 4.74 Å². The van der Waals surface area contributed by atoms with Gasteiger partial charge in [0, 0.05) is 13.7 Å². The molecule has 0 bridgehead atoms. The molecule has 0 fully saturated rings. The molecule has 0 saturated heterocycles. The highest BCUT2D eigenvalue weighted by Crippen LogP contribution is 2.12. The molecule has 90 valence electrons. The zero-order chi connectivity index (χ0) is 12.0. The van der Waals surface area contributed by atoms with Gasteiger partial charge in [0.2, 0.25) is 0 Å². The van der Waals surface area contributed by atoms with E-state index in [1.54, 1.807) is 13.2 Å². The lowest BCUT2D eigenvalue weighted by Gasteiger charge is -2.15. The molecule has 16 heavy (non-hydrogen) atoms. The van der Waals surface area contributed by atoms with Crippen molar-refractivity contribution in [1.29, 1.82) is 0 Å². The largest absolute Gasteiger partial charge is 0.393 e. The van der Waals surface area contributed by atoms with Gasteiger partial charge in [-0.3, -0.25) is 0 Å². The molecule has 0 aliphatic rings. The standard InChI is InChI=1S/C13H19FO2/c1-10(9-16-2)6-13(15)8-11-4-3-5-12(14)7-11/h3-5,7,10,13,15H,6,8-9H2,1-2H3. The van der Waals surface area contributed by atoms with E-state index in [1.165, 1.54) is 12.1 Å². The quantitative estimate of drug-likeness (QED) is 0.807. The first kappa shape index (κ1) is 13.1. The van der Waals surface area contributed by atoms with E-state index in [9.17, 15) is 9.50 Å². The number of hydrogen-bond acceptors (Lipinski definition) is 2. The number of rotatable bonds is 6. The van der Waals surface area contributed by atoms with Crippen LogP contribution in [-0.4, -0.2) is 24.9 Å². The van der Waals surface area contributed by atoms with Crippen LogP contribution in [0.5, 0.6) is 0 Å². The van der Waals surface area contributed by atoms with Gasteiger partial charge in [-0.15, -0.1) is 0 Å². The molecule has 0 spiro atoms. The number of halogens is 1. The van der Waals surface area contributed by atoms with Crippen LogP contribution in [0.1, 0.15) is 18.9 Å². The average Bonchev–Trinajstić information content (AvgIpc) is 2.17. The average molecular weight is 226 g/mol.